The zero-order valence-corrected chi connectivity index (χ0v) is 20.7. The third-order valence-corrected chi connectivity index (χ3v) is 6.76. The van der Waals surface area contributed by atoms with Crippen molar-refractivity contribution in [1.29, 1.82) is 0 Å². The number of anilines is 1. The zero-order chi connectivity index (χ0) is 25.8. The van der Waals surface area contributed by atoms with Gasteiger partial charge in [-0.1, -0.05) is 60.1 Å². The Bertz CT molecular complexity index is 1480. The minimum atomic E-state index is -0.455. The quantitative estimate of drug-likeness (QED) is 0.293. The van der Waals surface area contributed by atoms with Crippen LogP contribution < -0.4 is 10.3 Å². The van der Waals surface area contributed by atoms with E-state index in [2.05, 4.69) is 27.6 Å². The number of hydrogen-bond donors (Lipinski definition) is 2. The highest BCUT2D eigenvalue weighted by Crippen LogP contribution is 2.25. The summed E-state index contributed by atoms with van der Waals surface area (Å²) >= 11 is 5.88. The number of piperazine rings is 1. The van der Waals surface area contributed by atoms with E-state index in [1.807, 2.05) is 59.5 Å². The van der Waals surface area contributed by atoms with E-state index in [-0.39, 0.29) is 22.2 Å². The van der Waals surface area contributed by atoms with E-state index in [9.17, 15) is 14.7 Å². The number of para-hydroxylation sites is 1. The molecular weight excluding hydrogens is 488 g/mol. The van der Waals surface area contributed by atoms with E-state index in [0.717, 1.165) is 29.4 Å². The predicted molar refractivity (Wildman–Crippen MR) is 147 cm³/mol. The molecule has 0 spiro atoms. The maximum atomic E-state index is 13.5. The summed E-state index contributed by atoms with van der Waals surface area (Å²) in [6.45, 7) is 2.87. The lowest BCUT2D eigenvalue weighted by Gasteiger charge is -2.36. The summed E-state index contributed by atoms with van der Waals surface area (Å²) in [6.07, 6.45) is 1.55. The number of nitrogens with one attached hydrogen (secondary N) is 1. The van der Waals surface area contributed by atoms with Crippen LogP contribution in [0.25, 0.3) is 10.8 Å². The number of hydrazone groups is 1. The van der Waals surface area contributed by atoms with Gasteiger partial charge in [-0.25, -0.2) is 5.43 Å². The Balaban J connectivity index is 1.31. The van der Waals surface area contributed by atoms with Crippen LogP contribution in [0, 0.1) is 0 Å². The van der Waals surface area contributed by atoms with Crippen molar-refractivity contribution in [1.82, 2.24) is 10.3 Å². The molecule has 2 amide bonds. The number of phenolic OH excluding ortho intramolecular Hbond substituents is 1. The van der Waals surface area contributed by atoms with Crippen LogP contribution in [0.1, 0.15) is 26.3 Å². The second-order valence-electron chi connectivity index (χ2n) is 8.73. The number of amides is 2. The predicted octanol–water partition coefficient (Wildman–Crippen LogP) is 4.93. The Morgan fingerprint density at radius 3 is 2.30 bits per heavy atom. The van der Waals surface area contributed by atoms with Crippen molar-refractivity contribution in [2.24, 2.45) is 5.10 Å². The Kier molecular flexibility index (Phi) is 7.05. The summed E-state index contributed by atoms with van der Waals surface area (Å²) in [4.78, 5) is 30.0. The largest absolute Gasteiger partial charge is 0.506 e. The molecule has 1 saturated heterocycles. The second-order valence-corrected chi connectivity index (χ2v) is 9.14. The summed E-state index contributed by atoms with van der Waals surface area (Å²) < 4.78 is 0. The summed E-state index contributed by atoms with van der Waals surface area (Å²) in [6, 6.07) is 25.7. The molecule has 2 N–H and O–H groups in total. The maximum absolute atomic E-state index is 13.5. The van der Waals surface area contributed by atoms with Crippen molar-refractivity contribution in [3.8, 4) is 5.75 Å². The van der Waals surface area contributed by atoms with Crippen molar-refractivity contribution < 1.29 is 14.7 Å². The Labute approximate surface area is 219 Å². The number of hydrogen-bond acceptors (Lipinski definition) is 5. The fourth-order valence-corrected chi connectivity index (χ4v) is 4.65. The first-order valence-electron chi connectivity index (χ1n) is 11.9. The molecule has 4 aromatic rings. The standard InChI is InChI=1S/C29H25ClN4O3/c30-26-18-20(11-13-27(26)35)28(36)32-31-19-21-10-12-25(24-9-5-4-8-23(21)24)29(37)34-16-14-33(15-17-34)22-6-2-1-3-7-22/h1-13,18-19,35H,14-17H2,(H,32,36). The normalized spacial score (nSPS) is 13.8. The molecule has 0 radical (unpaired) electrons. The number of phenols is 1. The van der Waals surface area contributed by atoms with Gasteiger partial charge in [0.1, 0.15) is 5.75 Å². The molecule has 8 heteroatoms. The molecule has 0 aromatic heterocycles. The summed E-state index contributed by atoms with van der Waals surface area (Å²) in [5.41, 5.74) is 5.33. The molecule has 0 saturated carbocycles. The molecule has 4 aromatic carbocycles. The van der Waals surface area contributed by atoms with E-state index < -0.39 is 5.91 Å². The first kappa shape index (κ1) is 24.3. The van der Waals surface area contributed by atoms with E-state index in [1.54, 1.807) is 6.21 Å². The molecule has 186 valence electrons. The maximum Gasteiger partial charge on any atom is 0.271 e. The molecule has 1 aliphatic heterocycles. The first-order valence-corrected chi connectivity index (χ1v) is 12.3. The molecule has 7 nitrogen and oxygen atoms in total. The van der Waals surface area contributed by atoms with Crippen LogP contribution in [-0.4, -0.2) is 54.2 Å². The molecule has 1 fully saturated rings. The van der Waals surface area contributed by atoms with Crippen LogP contribution >= 0.6 is 11.6 Å². The number of rotatable bonds is 5. The van der Waals surface area contributed by atoms with Gasteiger partial charge in [0.25, 0.3) is 11.8 Å². The van der Waals surface area contributed by atoms with Crippen molar-refractivity contribution in [2.75, 3.05) is 31.1 Å². The van der Waals surface area contributed by atoms with Gasteiger partial charge in [0.15, 0.2) is 0 Å². The lowest BCUT2D eigenvalue weighted by Crippen LogP contribution is -2.48. The Hall–Kier alpha value is -4.36. The summed E-state index contributed by atoms with van der Waals surface area (Å²) in [5, 5.41) is 15.4. The van der Waals surface area contributed by atoms with E-state index >= 15 is 0 Å². The first-order chi connectivity index (χ1) is 18.0. The number of benzene rings is 4. The fourth-order valence-electron chi connectivity index (χ4n) is 4.47. The van der Waals surface area contributed by atoms with E-state index in [0.29, 0.717) is 18.7 Å². The van der Waals surface area contributed by atoms with Crippen LogP contribution in [-0.2, 0) is 0 Å². The Morgan fingerprint density at radius 1 is 0.865 bits per heavy atom. The molecule has 37 heavy (non-hydrogen) atoms. The average molecular weight is 513 g/mol. The molecule has 5 rings (SSSR count). The van der Waals surface area contributed by atoms with Gasteiger partial charge in [0.2, 0.25) is 0 Å². The summed E-state index contributed by atoms with van der Waals surface area (Å²) in [5.74, 6) is -0.547. The smallest absolute Gasteiger partial charge is 0.271 e. The number of halogens is 1. The SMILES string of the molecule is O=C(NN=Cc1ccc(C(=O)N2CCN(c3ccccc3)CC2)c2ccccc12)c1ccc(O)c(Cl)c1. The molecule has 1 heterocycles. The topological polar surface area (TPSA) is 85.2 Å². The van der Waals surface area contributed by atoms with Gasteiger partial charge in [-0.2, -0.15) is 5.10 Å². The van der Waals surface area contributed by atoms with Gasteiger partial charge in [-0.3, -0.25) is 9.59 Å². The fraction of sp³-hybridized carbons (Fsp3) is 0.138. The van der Waals surface area contributed by atoms with Gasteiger partial charge in [0, 0.05) is 48.6 Å². The van der Waals surface area contributed by atoms with Crippen molar-refractivity contribution in [3.63, 3.8) is 0 Å². The van der Waals surface area contributed by atoms with E-state index in [1.165, 1.54) is 23.9 Å². The zero-order valence-electron chi connectivity index (χ0n) is 20.0. The Morgan fingerprint density at radius 2 is 1.57 bits per heavy atom. The van der Waals surface area contributed by atoms with Crippen LogP contribution in [0.3, 0.4) is 0 Å². The van der Waals surface area contributed by atoms with Crippen molar-refractivity contribution in [2.45, 2.75) is 0 Å². The van der Waals surface area contributed by atoms with Gasteiger partial charge in [-0.05, 0) is 47.2 Å². The van der Waals surface area contributed by atoms with Crippen molar-refractivity contribution in [3.05, 3.63) is 107 Å². The number of fused-ring (bicyclic) bond motifs is 1. The van der Waals surface area contributed by atoms with Crippen molar-refractivity contribution >= 4 is 46.1 Å². The van der Waals surface area contributed by atoms with Crippen LogP contribution in [0.4, 0.5) is 5.69 Å². The van der Waals surface area contributed by atoms with Gasteiger partial charge in [-0.15, -0.1) is 0 Å². The lowest BCUT2D eigenvalue weighted by molar-refractivity contribution is 0.0748. The van der Waals surface area contributed by atoms with Gasteiger partial charge in [0.05, 0.1) is 11.2 Å². The number of carbonyl (C=O) groups excluding carboxylic acids is 2. The highest BCUT2D eigenvalue weighted by molar-refractivity contribution is 6.32. The molecule has 0 atom stereocenters. The second kappa shape index (κ2) is 10.7. The highest BCUT2D eigenvalue weighted by atomic mass is 35.5. The highest BCUT2D eigenvalue weighted by Gasteiger charge is 2.24. The number of aromatic hydroxyl groups is 1. The third kappa shape index (κ3) is 5.27. The molecule has 0 aliphatic carbocycles. The average Bonchev–Trinajstić information content (AvgIpc) is 2.94. The molecular formula is C29H25ClN4O3. The van der Waals surface area contributed by atoms with Crippen LogP contribution in [0.5, 0.6) is 5.75 Å². The monoisotopic (exact) mass is 512 g/mol. The molecule has 1 aliphatic rings. The minimum absolute atomic E-state index is 0.00455. The third-order valence-electron chi connectivity index (χ3n) is 6.46. The molecule has 0 unspecified atom stereocenters. The van der Waals surface area contributed by atoms with Gasteiger partial charge < -0.3 is 14.9 Å². The molecule has 0 bridgehead atoms. The minimum Gasteiger partial charge on any atom is -0.506 e. The lowest BCUT2D eigenvalue weighted by atomic mass is 9.99. The number of nitrogens with zero attached hydrogens (tertiary/aromatic N) is 3. The van der Waals surface area contributed by atoms with Crippen LogP contribution in [0.2, 0.25) is 5.02 Å². The summed E-state index contributed by atoms with van der Waals surface area (Å²) in [7, 11) is 0. The van der Waals surface area contributed by atoms with Crippen LogP contribution in [0.15, 0.2) is 90.0 Å². The van der Waals surface area contributed by atoms with Gasteiger partial charge >= 0.3 is 0 Å². The van der Waals surface area contributed by atoms with E-state index in [4.69, 9.17) is 11.6 Å². The number of carbonyl (C=O) groups is 2.